The van der Waals surface area contributed by atoms with Crippen LogP contribution in [0.15, 0.2) is 28.9 Å². The maximum atomic E-state index is 11.6. The van der Waals surface area contributed by atoms with Gasteiger partial charge in [-0.05, 0) is 12.1 Å². The van der Waals surface area contributed by atoms with Gasteiger partial charge in [-0.15, -0.1) is 0 Å². The number of ether oxygens (including phenoxy) is 4. The molecule has 1 aromatic carbocycles. The van der Waals surface area contributed by atoms with E-state index in [0.29, 0.717) is 15.9 Å². The molecule has 0 aliphatic carbocycles. The lowest BCUT2D eigenvalue weighted by Crippen LogP contribution is -2.11. The van der Waals surface area contributed by atoms with Gasteiger partial charge in [0.15, 0.2) is 5.69 Å². The number of hydrogen-bond donors (Lipinski definition) is 0. The SMILES string of the molecule is COC(=O)Oc1onc(-c2c(Cl)ccc3cc(Cl)cnc23)c1OC(=O)OC. The van der Waals surface area contributed by atoms with Crippen molar-refractivity contribution >= 4 is 46.4 Å². The maximum Gasteiger partial charge on any atom is 0.516 e. The molecular formula is C16H10Cl2N2O7. The van der Waals surface area contributed by atoms with Crippen molar-refractivity contribution in [3.8, 4) is 23.0 Å². The van der Waals surface area contributed by atoms with Crippen molar-refractivity contribution in [2.45, 2.75) is 0 Å². The molecule has 9 nitrogen and oxygen atoms in total. The summed E-state index contributed by atoms with van der Waals surface area (Å²) in [5, 5.41) is 5.08. The van der Waals surface area contributed by atoms with Crippen LogP contribution in [0.1, 0.15) is 0 Å². The van der Waals surface area contributed by atoms with Gasteiger partial charge in [0.25, 0.3) is 0 Å². The number of benzene rings is 1. The molecule has 0 unspecified atom stereocenters. The molecule has 0 fully saturated rings. The van der Waals surface area contributed by atoms with Crippen molar-refractivity contribution in [3.63, 3.8) is 0 Å². The van der Waals surface area contributed by atoms with Crippen LogP contribution in [0, 0.1) is 0 Å². The number of carbonyl (C=O) groups excluding carboxylic acids is 2. The average Bonchev–Trinajstić information content (AvgIpc) is 3.03. The quantitative estimate of drug-likeness (QED) is 0.574. The number of aromatic nitrogens is 2. The first-order valence-corrected chi connectivity index (χ1v) is 7.95. The van der Waals surface area contributed by atoms with E-state index in [1.165, 1.54) is 6.20 Å². The van der Waals surface area contributed by atoms with Crippen LogP contribution in [-0.4, -0.2) is 36.7 Å². The number of methoxy groups -OCH3 is 2. The summed E-state index contributed by atoms with van der Waals surface area (Å²) >= 11 is 12.3. The Morgan fingerprint density at radius 2 is 1.78 bits per heavy atom. The summed E-state index contributed by atoms with van der Waals surface area (Å²) in [7, 11) is 2.19. The molecule has 3 aromatic rings. The zero-order valence-corrected chi connectivity index (χ0v) is 15.3. The number of fused-ring (bicyclic) bond motifs is 1. The van der Waals surface area contributed by atoms with E-state index in [4.69, 9.17) is 37.2 Å². The van der Waals surface area contributed by atoms with E-state index >= 15 is 0 Å². The normalized spacial score (nSPS) is 10.5. The van der Waals surface area contributed by atoms with E-state index < -0.39 is 18.3 Å². The molecule has 0 spiro atoms. The molecule has 0 amide bonds. The van der Waals surface area contributed by atoms with Crippen LogP contribution < -0.4 is 9.47 Å². The standard InChI is InChI=1S/C16H10Cl2N2O7/c1-23-15(21)25-13-12(20-27-14(13)26-16(22)24-2)10-9(18)4-3-7-5-8(17)6-19-11(7)10/h3-6H,1-2H3. The van der Waals surface area contributed by atoms with Crippen LogP contribution in [0.5, 0.6) is 11.7 Å². The Kier molecular flexibility index (Phi) is 5.33. The first-order chi connectivity index (χ1) is 12.9. The van der Waals surface area contributed by atoms with Gasteiger partial charge < -0.3 is 23.5 Å². The molecule has 27 heavy (non-hydrogen) atoms. The van der Waals surface area contributed by atoms with Crippen molar-refractivity contribution in [1.29, 1.82) is 0 Å². The zero-order chi connectivity index (χ0) is 19.6. The number of pyridine rings is 1. The first-order valence-electron chi connectivity index (χ1n) is 7.20. The van der Waals surface area contributed by atoms with E-state index in [1.54, 1.807) is 18.2 Å². The summed E-state index contributed by atoms with van der Waals surface area (Å²) in [5.74, 6) is -0.859. The Morgan fingerprint density at radius 1 is 1.07 bits per heavy atom. The van der Waals surface area contributed by atoms with Gasteiger partial charge in [-0.25, -0.2) is 9.59 Å². The van der Waals surface area contributed by atoms with E-state index in [2.05, 4.69) is 19.6 Å². The highest BCUT2D eigenvalue weighted by Gasteiger charge is 2.29. The predicted molar refractivity (Wildman–Crippen MR) is 93.3 cm³/mol. The van der Waals surface area contributed by atoms with Crippen molar-refractivity contribution in [3.05, 3.63) is 34.4 Å². The highest BCUT2D eigenvalue weighted by Crippen LogP contribution is 2.44. The van der Waals surface area contributed by atoms with Crippen LogP contribution in [0.4, 0.5) is 9.59 Å². The van der Waals surface area contributed by atoms with Gasteiger partial charge in [0.05, 0.1) is 35.3 Å². The van der Waals surface area contributed by atoms with E-state index in [0.717, 1.165) is 14.2 Å². The van der Waals surface area contributed by atoms with E-state index in [-0.39, 0.29) is 22.0 Å². The molecule has 2 aromatic heterocycles. The topological polar surface area (TPSA) is 110 Å². The molecule has 0 aliphatic heterocycles. The minimum Gasteiger partial charge on any atom is -0.437 e. The molecule has 0 aliphatic rings. The first kappa shape index (κ1) is 18.7. The van der Waals surface area contributed by atoms with Gasteiger partial charge in [0.2, 0.25) is 5.75 Å². The molecule has 0 bridgehead atoms. The molecule has 0 saturated carbocycles. The fraction of sp³-hybridized carbons (Fsp3) is 0.125. The lowest BCUT2D eigenvalue weighted by Gasteiger charge is -2.08. The largest absolute Gasteiger partial charge is 0.516 e. The summed E-state index contributed by atoms with van der Waals surface area (Å²) in [6, 6.07) is 4.94. The van der Waals surface area contributed by atoms with Crippen molar-refractivity contribution in [1.82, 2.24) is 10.1 Å². The summed E-state index contributed by atoms with van der Waals surface area (Å²) in [6.07, 6.45) is -0.792. The van der Waals surface area contributed by atoms with Crippen LogP contribution >= 0.6 is 23.2 Å². The van der Waals surface area contributed by atoms with Gasteiger partial charge in [-0.3, -0.25) is 4.98 Å². The molecule has 0 N–H and O–H groups in total. The smallest absolute Gasteiger partial charge is 0.437 e. The van der Waals surface area contributed by atoms with Crippen molar-refractivity contribution in [2.75, 3.05) is 14.2 Å². The highest BCUT2D eigenvalue weighted by molar-refractivity contribution is 6.35. The van der Waals surface area contributed by atoms with Crippen LogP contribution in [0.25, 0.3) is 22.2 Å². The van der Waals surface area contributed by atoms with Crippen LogP contribution in [0.2, 0.25) is 10.0 Å². The Morgan fingerprint density at radius 3 is 2.48 bits per heavy atom. The Balaban J connectivity index is 2.22. The summed E-state index contributed by atoms with van der Waals surface area (Å²) in [4.78, 5) is 27.2. The Labute approximate surface area is 161 Å². The third-order valence-corrected chi connectivity index (χ3v) is 3.84. The second-order valence-electron chi connectivity index (χ2n) is 4.91. The highest BCUT2D eigenvalue weighted by atomic mass is 35.5. The molecular weight excluding hydrogens is 403 g/mol. The Hall–Kier alpha value is -3.04. The van der Waals surface area contributed by atoms with Gasteiger partial charge in [0, 0.05) is 11.6 Å². The fourth-order valence-corrected chi connectivity index (χ4v) is 2.61. The Bertz CT molecular complexity index is 1040. The molecule has 140 valence electrons. The molecule has 0 saturated heterocycles. The number of halogens is 2. The molecule has 0 radical (unpaired) electrons. The fourth-order valence-electron chi connectivity index (χ4n) is 2.20. The third-order valence-electron chi connectivity index (χ3n) is 3.32. The van der Waals surface area contributed by atoms with Gasteiger partial charge >= 0.3 is 18.3 Å². The second-order valence-corrected chi connectivity index (χ2v) is 5.75. The van der Waals surface area contributed by atoms with Crippen molar-refractivity contribution in [2.24, 2.45) is 0 Å². The summed E-state index contributed by atoms with van der Waals surface area (Å²) in [5.41, 5.74) is 0.637. The zero-order valence-electron chi connectivity index (χ0n) is 13.8. The maximum absolute atomic E-state index is 11.6. The molecule has 3 rings (SSSR count). The molecule has 0 atom stereocenters. The monoisotopic (exact) mass is 412 g/mol. The predicted octanol–water partition coefficient (Wildman–Crippen LogP) is 4.49. The van der Waals surface area contributed by atoms with Gasteiger partial charge in [-0.1, -0.05) is 34.4 Å². The number of carbonyl (C=O) groups is 2. The van der Waals surface area contributed by atoms with Crippen LogP contribution in [-0.2, 0) is 9.47 Å². The minimum absolute atomic E-state index is 0.0373. The lowest BCUT2D eigenvalue weighted by molar-refractivity contribution is 0.0992. The molecule has 2 heterocycles. The van der Waals surface area contributed by atoms with Gasteiger partial charge in [0.1, 0.15) is 0 Å². The summed E-state index contributed by atoms with van der Waals surface area (Å²) < 4.78 is 23.7. The lowest BCUT2D eigenvalue weighted by atomic mass is 10.1. The van der Waals surface area contributed by atoms with E-state index in [1.807, 2.05) is 0 Å². The summed E-state index contributed by atoms with van der Waals surface area (Å²) in [6.45, 7) is 0. The molecule has 11 heteroatoms. The van der Waals surface area contributed by atoms with Crippen molar-refractivity contribution < 1.29 is 33.1 Å². The van der Waals surface area contributed by atoms with Gasteiger partial charge in [-0.2, -0.15) is 0 Å². The number of hydrogen-bond acceptors (Lipinski definition) is 9. The third kappa shape index (κ3) is 3.74. The minimum atomic E-state index is -1.11. The average molecular weight is 413 g/mol. The number of nitrogens with zero attached hydrogens (tertiary/aromatic N) is 2. The number of rotatable bonds is 3. The van der Waals surface area contributed by atoms with E-state index in [9.17, 15) is 9.59 Å². The van der Waals surface area contributed by atoms with Crippen LogP contribution in [0.3, 0.4) is 0 Å². The second kappa shape index (κ2) is 7.68.